The second-order valence-corrected chi connectivity index (χ2v) is 2.41. The molecule has 0 spiro atoms. The van der Waals surface area contributed by atoms with Gasteiger partial charge in [0.2, 0.25) is 0 Å². The molecule has 4 heteroatoms. The maximum atomic E-state index is 5.28. The van der Waals surface area contributed by atoms with Crippen molar-refractivity contribution in [1.82, 2.24) is 5.43 Å². The van der Waals surface area contributed by atoms with E-state index in [2.05, 4.69) is 5.43 Å². The van der Waals surface area contributed by atoms with Gasteiger partial charge in [0.05, 0.1) is 18.8 Å². The summed E-state index contributed by atoms with van der Waals surface area (Å²) in [6.07, 6.45) is 1.04. The first kappa shape index (κ1) is 7.94. The van der Waals surface area contributed by atoms with E-state index in [-0.39, 0.29) is 12.1 Å². The molecule has 1 saturated heterocycles. The molecule has 3 N–H and O–H groups in total. The number of nitrogens with one attached hydrogen (secondary N) is 1. The first-order valence-electron chi connectivity index (χ1n) is 3.45. The third-order valence-electron chi connectivity index (χ3n) is 1.82. The Morgan fingerprint density at radius 2 is 2.50 bits per heavy atom. The lowest BCUT2D eigenvalue weighted by Crippen LogP contribution is -2.50. The van der Waals surface area contributed by atoms with E-state index in [1.54, 1.807) is 7.11 Å². The lowest BCUT2D eigenvalue weighted by molar-refractivity contribution is -0.0497. The molecule has 60 valence electrons. The summed E-state index contributed by atoms with van der Waals surface area (Å²) in [4.78, 5) is 0. The van der Waals surface area contributed by atoms with E-state index in [9.17, 15) is 0 Å². The Balaban J connectivity index is 2.34. The van der Waals surface area contributed by atoms with Gasteiger partial charge < -0.3 is 9.47 Å². The zero-order valence-electron chi connectivity index (χ0n) is 6.17. The van der Waals surface area contributed by atoms with Gasteiger partial charge in [0.1, 0.15) is 0 Å². The summed E-state index contributed by atoms with van der Waals surface area (Å²) in [5.41, 5.74) is 2.70. The number of hydrazine groups is 1. The average molecular weight is 146 g/mol. The fourth-order valence-electron chi connectivity index (χ4n) is 1.13. The van der Waals surface area contributed by atoms with Gasteiger partial charge in [0.15, 0.2) is 0 Å². The quantitative estimate of drug-likeness (QED) is 0.398. The summed E-state index contributed by atoms with van der Waals surface area (Å²) >= 11 is 0. The molecule has 0 aromatic rings. The molecule has 1 rings (SSSR count). The summed E-state index contributed by atoms with van der Waals surface area (Å²) in [6, 6.07) is 0.249. The van der Waals surface area contributed by atoms with Gasteiger partial charge in [-0.2, -0.15) is 0 Å². The van der Waals surface area contributed by atoms with E-state index >= 15 is 0 Å². The van der Waals surface area contributed by atoms with Crippen molar-refractivity contribution < 1.29 is 9.47 Å². The predicted molar refractivity (Wildman–Crippen MR) is 37.3 cm³/mol. The van der Waals surface area contributed by atoms with Gasteiger partial charge in [-0.3, -0.25) is 11.3 Å². The first-order valence-corrected chi connectivity index (χ1v) is 3.45. The Kier molecular flexibility index (Phi) is 3.08. The van der Waals surface area contributed by atoms with E-state index in [1.165, 1.54) is 0 Å². The molecular formula is C6H14N2O2. The molecule has 10 heavy (non-hydrogen) atoms. The van der Waals surface area contributed by atoms with Crippen molar-refractivity contribution in [2.24, 2.45) is 5.84 Å². The van der Waals surface area contributed by atoms with Gasteiger partial charge in [0.25, 0.3) is 0 Å². The predicted octanol–water partition coefficient (Wildman–Crippen LogP) is -0.746. The molecule has 0 aromatic heterocycles. The SMILES string of the molecule is COC1COCCC1NN. The van der Waals surface area contributed by atoms with Crippen molar-refractivity contribution >= 4 is 0 Å². The van der Waals surface area contributed by atoms with Crippen molar-refractivity contribution in [2.75, 3.05) is 20.3 Å². The summed E-state index contributed by atoms with van der Waals surface area (Å²) in [5.74, 6) is 5.28. The van der Waals surface area contributed by atoms with Crippen LogP contribution in [0.3, 0.4) is 0 Å². The Morgan fingerprint density at radius 3 is 3.00 bits per heavy atom. The van der Waals surface area contributed by atoms with Crippen molar-refractivity contribution in [1.29, 1.82) is 0 Å². The van der Waals surface area contributed by atoms with Crippen LogP contribution in [0, 0.1) is 0 Å². The summed E-state index contributed by atoms with van der Waals surface area (Å²) in [7, 11) is 1.67. The molecule has 0 amide bonds. The van der Waals surface area contributed by atoms with Gasteiger partial charge in [-0.1, -0.05) is 0 Å². The minimum Gasteiger partial charge on any atom is -0.379 e. The number of methoxy groups -OCH3 is 1. The number of hydrogen-bond donors (Lipinski definition) is 2. The molecule has 1 aliphatic rings. The molecule has 0 aliphatic carbocycles. The van der Waals surface area contributed by atoms with Gasteiger partial charge in [-0.25, -0.2) is 0 Å². The molecule has 4 nitrogen and oxygen atoms in total. The molecule has 0 radical (unpaired) electrons. The highest BCUT2D eigenvalue weighted by Gasteiger charge is 2.23. The summed E-state index contributed by atoms with van der Waals surface area (Å²) < 4.78 is 10.3. The number of rotatable bonds is 2. The van der Waals surface area contributed by atoms with Crippen LogP contribution in [0.5, 0.6) is 0 Å². The number of hydrogen-bond acceptors (Lipinski definition) is 4. The maximum Gasteiger partial charge on any atom is 0.0971 e. The highest BCUT2D eigenvalue weighted by Crippen LogP contribution is 2.08. The van der Waals surface area contributed by atoms with Crippen LogP contribution in [0.4, 0.5) is 0 Å². The topological polar surface area (TPSA) is 56.5 Å². The van der Waals surface area contributed by atoms with Crippen LogP contribution in [-0.4, -0.2) is 32.5 Å². The molecule has 1 fully saturated rings. The largest absolute Gasteiger partial charge is 0.379 e. The van der Waals surface area contributed by atoms with Gasteiger partial charge >= 0.3 is 0 Å². The van der Waals surface area contributed by atoms with Crippen LogP contribution in [0.2, 0.25) is 0 Å². The van der Waals surface area contributed by atoms with Gasteiger partial charge in [-0.15, -0.1) is 0 Å². The van der Waals surface area contributed by atoms with E-state index in [1.807, 2.05) is 0 Å². The Bertz CT molecular complexity index is 87.7. The lowest BCUT2D eigenvalue weighted by Gasteiger charge is -2.29. The maximum absolute atomic E-state index is 5.28. The molecule has 0 bridgehead atoms. The normalized spacial score (nSPS) is 34.2. The molecule has 2 atom stereocenters. The number of nitrogens with two attached hydrogens (primary N) is 1. The third-order valence-corrected chi connectivity index (χ3v) is 1.82. The third kappa shape index (κ3) is 1.67. The van der Waals surface area contributed by atoms with Gasteiger partial charge in [0, 0.05) is 13.7 Å². The van der Waals surface area contributed by atoms with Gasteiger partial charge in [-0.05, 0) is 6.42 Å². The minimum atomic E-state index is 0.110. The van der Waals surface area contributed by atoms with E-state index in [4.69, 9.17) is 15.3 Å². The van der Waals surface area contributed by atoms with Crippen LogP contribution in [0.25, 0.3) is 0 Å². The fourth-order valence-corrected chi connectivity index (χ4v) is 1.13. The Hall–Kier alpha value is -0.160. The van der Waals surface area contributed by atoms with Crippen molar-refractivity contribution in [3.63, 3.8) is 0 Å². The fraction of sp³-hybridized carbons (Fsp3) is 1.00. The Morgan fingerprint density at radius 1 is 1.70 bits per heavy atom. The summed E-state index contributed by atoms with van der Waals surface area (Å²) in [5, 5.41) is 0. The van der Waals surface area contributed by atoms with Crippen LogP contribution < -0.4 is 11.3 Å². The molecule has 2 unspecified atom stereocenters. The zero-order chi connectivity index (χ0) is 7.40. The highest BCUT2D eigenvalue weighted by atomic mass is 16.5. The molecule has 1 aliphatic heterocycles. The lowest BCUT2D eigenvalue weighted by atomic mass is 10.1. The molecular weight excluding hydrogens is 132 g/mol. The van der Waals surface area contributed by atoms with E-state index < -0.39 is 0 Å². The summed E-state index contributed by atoms with van der Waals surface area (Å²) in [6.45, 7) is 1.42. The molecule has 0 saturated carbocycles. The standard InChI is InChI=1S/C6H14N2O2/c1-9-6-4-10-3-2-5(6)8-7/h5-6,8H,2-4,7H2,1H3. The molecule has 0 aromatic carbocycles. The monoisotopic (exact) mass is 146 g/mol. The van der Waals surface area contributed by atoms with Crippen LogP contribution in [0.15, 0.2) is 0 Å². The highest BCUT2D eigenvalue weighted by molar-refractivity contribution is 4.77. The second kappa shape index (κ2) is 3.88. The van der Waals surface area contributed by atoms with Crippen LogP contribution in [-0.2, 0) is 9.47 Å². The average Bonchev–Trinajstić information content (AvgIpc) is 2.04. The van der Waals surface area contributed by atoms with Crippen molar-refractivity contribution in [3.8, 4) is 0 Å². The zero-order valence-corrected chi connectivity index (χ0v) is 6.17. The van der Waals surface area contributed by atoms with Crippen LogP contribution >= 0.6 is 0 Å². The number of ether oxygens (including phenoxy) is 2. The molecule has 1 heterocycles. The smallest absolute Gasteiger partial charge is 0.0971 e. The van der Waals surface area contributed by atoms with Crippen LogP contribution in [0.1, 0.15) is 6.42 Å². The van der Waals surface area contributed by atoms with E-state index in [0.29, 0.717) is 6.61 Å². The Labute approximate surface area is 60.6 Å². The second-order valence-electron chi connectivity index (χ2n) is 2.41. The van der Waals surface area contributed by atoms with E-state index in [0.717, 1.165) is 13.0 Å². The van der Waals surface area contributed by atoms with Crippen molar-refractivity contribution in [3.05, 3.63) is 0 Å². The van der Waals surface area contributed by atoms with Crippen molar-refractivity contribution in [2.45, 2.75) is 18.6 Å². The minimum absolute atomic E-state index is 0.110. The first-order chi connectivity index (χ1) is 4.88.